The largest absolute Gasteiger partial charge is 0.462 e. The maximum absolute atomic E-state index is 12.4. The summed E-state index contributed by atoms with van der Waals surface area (Å²) in [5.41, 5.74) is 9.97. The average Bonchev–Trinajstić information content (AvgIpc) is 3.17. The van der Waals surface area contributed by atoms with Gasteiger partial charge < -0.3 is 26.1 Å². The third-order valence-electron chi connectivity index (χ3n) is 4.69. The zero-order valence-electron chi connectivity index (χ0n) is 17.5. The number of urea groups is 1. The second kappa shape index (κ2) is 9.17. The lowest BCUT2D eigenvalue weighted by Crippen LogP contribution is -2.20. The number of aromatic nitrogens is 1. The van der Waals surface area contributed by atoms with Crippen molar-refractivity contribution in [3.8, 4) is 11.1 Å². The van der Waals surface area contributed by atoms with E-state index in [9.17, 15) is 14.4 Å². The number of aryl methyl sites for hydroxylation is 2. The van der Waals surface area contributed by atoms with Crippen molar-refractivity contribution in [2.75, 3.05) is 17.2 Å². The molecule has 0 fully saturated rings. The van der Waals surface area contributed by atoms with Crippen molar-refractivity contribution < 1.29 is 19.1 Å². The van der Waals surface area contributed by atoms with E-state index in [4.69, 9.17) is 10.5 Å². The summed E-state index contributed by atoms with van der Waals surface area (Å²) in [5.74, 6) is -1.25. The third-order valence-corrected chi connectivity index (χ3v) is 4.69. The Balaban J connectivity index is 1.81. The van der Waals surface area contributed by atoms with Crippen molar-refractivity contribution in [1.29, 1.82) is 0 Å². The van der Waals surface area contributed by atoms with Crippen LogP contribution < -0.4 is 16.4 Å². The molecule has 0 aliphatic carbocycles. The summed E-state index contributed by atoms with van der Waals surface area (Å²) < 4.78 is 5.06. The smallest absolute Gasteiger partial charge is 0.340 e. The van der Waals surface area contributed by atoms with Crippen molar-refractivity contribution in [2.45, 2.75) is 20.8 Å². The van der Waals surface area contributed by atoms with Gasteiger partial charge in [0.2, 0.25) is 0 Å². The molecular weight excluding hydrogens is 396 g/mol. The zero-order valence-corrected chi connectivity index (χ0v) is 17.5. The van der Waals surface area contributed by atoms with Gasteiger partial charge in [-0.2, -0.15) is 0 Å². The highest BCUT2D eigenvalue weighted by atomic mass is 16.5. The number of hydrogen-bond acceptors (Lipinski definition) is 4. The molecule has 2 aromatic carbocycles. The summed E-state index contributed by atoms with van der Waals surface area (Å²) in [4.78, 5) is 39.2. The summed E-state index contributed by atoms with van der Waals surface area (Å²) in [7, 11) is 0. The number of aromatic amines is 1. The van der Waals surface area contributed by atoms with E-state index in [1.54, 1.807) is 31.2 Å². The number of nitrogens with one attached hydrogen (secondary N) is 3. The molecule has 1 heterocycles. The van der Waals surface area contributed by atoms with Crippen LogP contribution in [0.5, 0.6) is 0 Å². The molecule has 8 heteroatoms. The minimum absolute atomic E-state index is 0.108. The normalized spacial score (nSPS) is 10.4. The van der Waals surface area contributed by atoms with E-state index in [2.05, 4.69) is 15.6 Å². The Morgan fingerprint density at radius 3 is 2.39 bits per heavy atom. The Morgan fingerprint density at radius 1 is 1.03 bits per heavy atom. The molecule has 0 aliphatic heterocycles. The van der Waals surface area contributed by atoms with Gasteiger partial charge in [-0.15, -0.1) is 0 Å². The number of primary amides is 1. The summed E-state index contributed by atoms with van der Waals surface area (Å²) in [6.07, 6.45) is 1.40. The van der Waals surface area contributed by atoms with E-state index >= 15 is 0 Å². The number of amides is 3. The van der Waals surface area contributed by atoms with E-state index in [0.29, 0.717) is 16.8 Å². The molecule has 0 radical (unpaired) electrons. The number of anilines is 2. The molecule has 8 nitrogen and oxygen atoms in total. The molecule has 0 bridgehead atoms. The molecule has 31 heavy (non-hydrogen) atoms. The molecule has 0 atom stereocenters. The number of hydrogen-bond donors (Lipinski definition) is 4. The SMILES string of the molecule is CCOC(=O)c1c[nH]c(C(N)=O)c1-c1ccc(NC(=O)Nc2cc(C)ccc2C)cc1. The Bertz CT molecular complexity index is 1130. The van der Waals surface area contributed by atoms with Crippen LogP contribution in [0.2, 0.25) is 0 Å². The third kappa shape index (κ3) is 4.92. The monoisotopic (exact) mass is 420 g/mol. The molecule has 160 valence electrons. The number of ether oxygens (including phenoxy) is 1. The maximum Gasteiger partial charge on any atom is 0.340 e. The number of rotatable bonds is 6. The van der Waals surface area contributed by atoms with Gasteiger partial charge in [0.15, 0.2) is 0 Å². The second-order valence-corrected chi connectivity index (χ2v) is 7.01. The molecule has 0 saturated carbocycles. The number of carbonyl (C=O) groups is 3. The van der Waals surface area contributed by atoms with E-state index in [1.165, 1.54) is 6.20 Å². The summed E-state index contributed by atoms with van der Waals surface area (Å²) >= 11 is 0. The first-order chi connectivity index (χ1) is 14.8. The van der Waals surface area contributed by atoms with Crippen LogP contribution in [0.15, 0.2) is 48.7 Å². The van der Waals surface area contributed by atoms with Crippen molar-refractivity contribution in [1.82, 2.24) is 4.98 Å². The quantitative estimate of drug-likeness (QED) is 0.445. The second-order valence-electron chi connectivity index (χ2n) is 7.01. The van der Waals surface area contributed by atoms with Gasteiger partial charge in [-0.1, -0.05) is 24.3 Å². The minimum atomic E-state index is -0.694. The lowest BCUT2D eigenvalue weighted by molar-refractivity contribution is 0.0527. The van der Waals surface area contributed by atoms with Gasteiger partial charge in [0, 0.05) is 23.1 Å². The summed E-state index contributed by atoms with van der Waals surface area (Å²) in [6.45, 7) is 5.77. The predicted octanol–water partition coefficient (Wildman–Crippen LogP) is 4.22. The fourth-order valence-electron chi connectivity index (χ4n) is 3.16. The first-order valence-corrected chi connectivity index (χ1v) is 9.74. The molecule has 0 unspecified atom stereocenters. The van der Waals surface area contributed by atoms with Crippen LogP contribution in [0.1, 0.15) is 38.9 Å². The van der Waals surface area contributed by atoms with Gasteiger partial charge >= 0.3 is 12.0 Å². The maximum atomic E-state index is 12.4. The number of carbonyl (C=O) groups excluding carboxylic acids is 3. The van der Waals surface area contributed by atoms with Gasteiger partial charge in [-0.05, 0) is 55.7 Å². The molecule has 3 aromatic rings. The predicted molar refractivity (Wildman–Crippen MR) is 119 cm³/mol. The topological polar surface area (TPSA) is 126 Å². The van der Waals surface area contributed by atoms with Gasteiger partial charge in [0.05, 0.1) is 12.2 Å². The molecule has 1 aromatic heterocycles. The molecule has 0 spiro atoms. The van der Waals surface area contributed by atoms with Crippen LogP contribution in [0.25, 0.3) is 11.1 Å². The number of H-pyrrole nitrogens is 1. The summed E-state index contributed by atoms with van der Waals surface area (Å²) in [6, 6.07) is 12.1. The molecule has 0 aliphatic rings. The Hall–Kier alpha value is -4.07. The molecule has 3 rings (SSSR count). The first kappa shape index (κ1) is 21.6. The van der Waals surface area contributed by atoms with Crippen molar-refractivity contribution >= 4 is 29.3 Å². The van der Waals surface area contributed by atoms with E-state index < -0.39 is 11.9 Å². The van der Waals surface area contributed by atoms with Crippen LogP contribution in [0.4, 0.5) is 16.2 Å². The van der Waals surface area contributed by atoms with Crippen LogP contribution in [0, 0.1) is 13.8 Å². The lowest BCUT2D eigenvalue weighted by Gasteiger charge is -2.11. The highest BCUT2D eigenvalue weighted by Crippen LogP contribution is 2.29. The molecular formula is C23H24N4O4. The Kier molecular flexibility index (Phi) is 6.40. The highest BCUT2D eigenvalue weighted by Gasteiger charge is 2.22. The van der Waals surface area contributed by atoms with Crippen LogP contribution >= 0.6 is 0 Å². The van der Waals surface area contributed by atoms with Crippen molar-refractivity contribution in [2.24, 2.45) is 5.73 Å². The fourth-order valence-corrected chi connectivity index (χ4v) is 3.16. The van der Waals surface area contributed by atoms with Crippen LogP contribution in [-0.2, 0) is 4.74 Å². The molecule has 3 amide bonds. The standard InChI is InChI=1S/C23H24N4O4/c1-4-31-22(29)17-12-25-20(21(24)28)19(17)15-7-9-16(10-8-15)26-23(30)27-18-11-13(2)5-6-14(18)3/h5-12,25H,4H2,1-3H3,(H2,24,28)(H2,26,27,30). The van der Waals surface area contributed by atoms with Gasteiger partial charge in [0.25, 0.3) is 5.91 Å². The van der Waals surface area contributed by atoms with Crippen molar-refractivity contribution in [3.63, 3.8) is 0 Å². The average molecular weight is 420 g/mol. The number of benzene rings is 2. The minimum Gasteiger partial charge on any atom is -0.462 e. The number of nitrogens with two attached hydrogens (primary N) is 1. The van der Waals surface area contributed by atoms with Crippen LogP contribution in [-0.4, -0.2) is 29.5 Å². The number of esters is 1. The van der Waals surface area contributed by atoms with Crippen LogP contribution in [0.3, 0.4) is 0 Å². The zero-order chi connectivity index (χ0) is 22.5. The fraction of sp³-hybridized carbons (Fsp3) is 0.174. The van der Waals surface area contributed by atoms with Gasteiger partial charge in [0.1, 0.15) is 5.69 Å². The first-order valence-electron chi connectivity index (χ1n) is 9.74. The van der Waals surface area contributed by atoms with E-state index in [1.807, 2.05) is 32.0 Å². The highest BCUT2D eigenvalue weighted by molar-refractivity contribution is 6.07. The van der Waals surface area contributed by atoms with Crippen molar-refractivity contribution in [3.05, 3.63) is 71.0 Å². The Labute approximate surface area is 179 Å². The Morgan fingerprint density at radius 2 is 1.74 bits per heavy atom. The van der Waals surface area contributed by atoms with E-state index in [0.717, 1.165) is 16.8 Å². The van der Waals surface area contributed by atoms with Gasteiger partial charge in [-0.25, -0.2) is 9.59 Å². The molecule has 5 N–H and O–H groups in total. The molecule has 0 saturated heterocycles. The van der Waals surface area contributed by atoms with E-state index in [-0.39, 0.29) is 23.9 Å². The lowest BCUT2D eigenvalue weighted by atomic mass is 10.0. The van der Waals surface area contributed by atoms with Gasteiger partial charge in [-0.3, -0.25) is 4.79 Å². The summed E-state index contributed by atoms with van der Waals surface area (Å²) in [5, 5.41) is 5.59.